The second-order valence-corrected chi connectivity index (χ2v) is 4.97. The predicted molar refractivity (Wildman–Crippen MR) is 70.6 cm³/mol. The molecule has 0 radical (unpaired) electrons. The average molecular weight is 302 g/mol. The fourth-order valence-corrected chi connectivity index (χ4v) is 2.09. The minimum atomic E-state index is -0.336. The Morgan fingerprint density at radius 1 is 1.47 bits per heavy atom. The first-order valence-electron chi connectivity index (χ1n) is 5.59. The van der Waals surface area contributed by atoms with Gasteiger partial charge in [0.2, 0.25) is 0 Å². The van der Waals surface area contributed by atoms with E-state index >= 15 is 0 Å². The molecule has 0 aliphatic carbocycles. The summed E-state index contributed by atoms with van der Waals surface area (Å²) in [4.78, 5) is 10.7. The minimum absolute atomic E-state index is 0.188. The van der Waals surface area contributed by atoms with Crippen LogP contribution in [0.1, 0.15) is 18.9 Å². The molecule has 1 rings (SSSR count). The van der Waals surface area contributed by atoms with Crippen LogP contribution in [-0.2, 0) is 11.2 Å². The minimum Gasteiger partial charge on any atom is -0.382 e. The van der Waals surface area contributed by atoms with E-state index in [1.807, 2.05) is 13.0 Å². The van der Waals surface area contributed by atoms with Gasteiger partial charge in [-0.15, -0.1) is 0 Å². The van der Waals surface area contributed by atoms with Gasteiger partial charge in [-0.2, -0.15) is 0 Å². The molecule has 0 N–H and O–H groups in total. The van der Waals surface area contributed by atoms with Gasteiger partial charge in [0, 0.05) is 29.7 Å². The Kier molecular flexibility index (Phi) is 6.15. The molecule has 0 amide bonds. The molecule has 0 heterocycles. The fraction of sp³-hybridized carbons (Fsp3) is 0.500. The highest BCUT2D eigenvalue weighted by atomic mass is 79.9. The maximum Gasteiger partial charge on any atom is 0.272 e. The van der Waals surface area contributed by atoms with E-state index in [9.17, 15) is 10.1 Å². The van der Waals surface area contributed by atoms with Crippen LogP contribution in [-0.4, -0.2) is 23.0 Å². The molecule has 0 saturated carbocycles. The lowest BCUT2D eigenvalue weighted by Gasteiger charge is -2.09. The first kappa shape index (κ1) is 14.1. The molecular weight excluding hydrogens is 286 g/mol. The van der Waals surface area contributed by atoms with Crippen molar-refractivity contribution in [1.29, 1.82) is 0 Å². The van der Waals surface area contributed by atoms with Crippen LogP contribution in [0.4, 0.5) is 5.69 Å². The number of benzene rings is 1. The molecule has 5 heteroatoms. The van der Waals surface area contributed by atoms with Gasteiger partial charge in [-0.05, 0) is 19.8 Å². The summed E-state index contributed by atoms with van der Waals surface area (Å²) >= 11 is 3.53. The van der Waals surface area contributed by atoms with Crippen LogP contribution in [0.25, 0.3) is 0 Å². The highest BCUT2D eigenvalue weighted by molar-refractivity contribution is 9.09. The summed E-state index contributed by atoms with van der Waals surface area (Å²) in [5.74, 6) is 0. The van der Waals surface area contributed by atoms with E-state index in [2.05, 4.69) is 15.9 Å². The Bertz CT molecular complexity index is 371. The molecule has 1 atom stereocenters. The Morgan fingerprint density at radius 3 is 2.82 bits per heavy atom. The molecule has 0 aliphatic rings. The van der Waals surface area contributed by atoms with Crippen LogP contribution in [0, 0.1) is 10.1 Å². The van der Waals surface area contributed by atoms with E-state index in [0.29, 0.717) is 19.6 Å². The van der Waals surface area contributed by atoms with Crippen LogP contribution in [0.2, 0.25) is 0 Å². The lowest BCUT2D eigenvalue weighted by atomic mass is 10.1. The van der Waals surface area contributed by atoms with E-state index in [-0.39, 0.29) is 15.4 Å². The number of nitro groups is 1. The number of halogens is 1. The van der Waals surface area contributed by atoms with E-state index in [0.717, 1.165) is 12.0 Å². The lowest BCUT2D eigenvalue weighted by molar-refractivity contribution is -0.385. The number of nitro benzene ring substituents is 1. The first-order chi connectivity index (χ1) is 8.15. The molecule has 0 aromatic heterocycles. The lowest BCUT2D eigenvalue weighted by Crippen LogP contribution is -2.08. The number of nitrogens with zero attached hydrogens (tertiary/aromatic N) is 1. The number of hydrogen-bond donors (Lipinski definition) is 0. The third-order valence-corrected chi connectivity index (χ3v) is 3.19. The summed E-state index contributed by atoms with van der Waals surface area (Å²) < 4.78 is 5.26. The standard InChI is InChI=1S/C12H16BrNO3/c1-2-17-8-7-11(13)9-10-5-3-4-6-12(10)14(15)16/h3-6,11H,2,7-9H2,1H3. The van der Waals surface area contributed by atoms with Crippen LogP contribution in [0.3, 0.4) is 0 Å². The maximum atomic E-state index is 10.8. The number of rotatable bonds is 7. The van der Waals surface area contributed by atoms with Crippen molar-refractivity contribution >= 4 is 21.6 Å². The number of ether oxygens (including phenoxy) is 1. The summed E-state index contributed by atoms with van der Waals surface area (Å²) in [7, 11) is 0. The average Bonchev–Trinajstić information content (AvgIpc) is 2.29. The third-order valence-electron chi connectivity index (χ3n) is 2.41. The molecular formula is C12H16BrNO3. The van der Waals surface area contributed by atoms with E-state index in [1.54, 1.807) is 12.1 Å². The molecule has 0 fully saturated rings. The zero-order chi connectivity index (χ0) is 12.7. The largest absolute Gasteiger partial charge is 0.382 e. The fourth-order valence-electron chi connectivity index (χ4n) is 1.56. The van der Waals surface area contributed by atoms with Gasteiger partial charge in [0.05, 0.1) is 4.92 Å². The summed E-state index contributed by atoms with van der Waals surface area (Å²) in [6, 6.07) is 6.85. The molecule has 94 valence electrons. The van der Waals surface area contributed by atoms with Crippen molar-refractivity contribution in [3.8, 4) is 0 Å². The zero-order valence-electron chi connectivity index (χ0n) is 9.77. The van der Waals surface area contributed by atoms with Crippen LogP contribution in [0.15, 0.2) is 24.3 Å². The van der Waals surface area contributed by atoms with Crippen LogP contribution < -0.4 is 0 Å². The Balaban J connectivity index is 2.58. The Hall–Kier alpha value is -0.940. The molecule has 0 saturated heterocycles. The number of hydrogen-bond acceptors (Lipinski definition) is 3. The summed E-state index contributed by atoms with van der Waals surface area (Å²) in [6.45, 7) is 3.32. The topological polar surface area (TPSA) is 52.4 Å². The van der Waals surface area contributed by atoms with E-state index < -0.39 is 0 Å². The van der Waals surface area contributed by atoms with Gasteiger partial charge in [0.1, 0.15) is 0 Å². The smallest absolute Gasteiger partial charge is 0.272 e. The highest BCUT2D eigenvalue weighted by Crippen LogP contribution is 2.22. The van der Waals surface area contributed by atoms with Crippen molar-refractivity contribution in [3.63, 3.8) is 0 Å². The normalized spacial score (nSPS) is 12.4. The first-order valence-corrected chi connectivity index (χ1v) is 6.50. The zero-order valence-corrected chi connectivity index (χ0v) is 11.4. The van der Waals surface area contributed by atoms with Crippen molar-refractivity contribution in [2.45, 2.75) is 24.6 Å². The second kappa shape index (κ2) is 7.40. The van der Waals surface area contributed by atoms with Crippen molar-refractivity contribution in [1.82, 2.24) is 0 Å². The van der Waals surface area contributed by atoms with Crippen LogP contribution >= 0.6 is 15.9 Å². The predicted octanol–water partition coefficient (Wildman–Crippen LogP) is 3.33. The van der Waals surface area contributed by atoms with E-state index in [4.69, 9.17) is 4.74 Å². The van der Waals surface area contributed by atoms with Gasteiger partial charge >= 0.3 is 0 Å². The molecule has 4 nitrogen and oxygen atoms in total. The molecule has 0 spiro atoms. The molecule has 1 unspecified atom stereocenters. The van der Waals surface area contributed by atoms with Gasteiger partial charge < -0.3 is 4.74 Å². The monoisotopic (exact) mass is 301 g/mol. The number of para-hydroxylation sites is 1. The van der Waals surface area contributed by atoms with Crippen molar-refractivity contribution in [2.24, 2.45) is 0 Å². The molecule has 17 heavy (non-hydrogen) atoms. The maximum absolute atomic E-state index is 10.8. The summed E-state index contributed by atoms with van der Waals surface area (Å²) in [6.07, 6.45) is 1.49. The number of alkyl halides is 1. The van der Waals surface area contributed by atoms with Gasteiger partial charge in [0.25, 0.3) is 5.69 Å². The van der Waals surface area contributed by atoms with Crippen LogP contribution in [0.5, 0.6) is 0 Å². The van der Waals surface area contributed by atoms with Gasteiger partial charge in [-0.3, -0.25) is 10.1 Å². The third kappa shape index (κ3) is 4.83. The molecule has 1 aromatic rings. The van der Waals surface area contributed by atoms with E-state index in [1.165, 1.54) is 6.07 Å². The second-order valence-electron chi connectivity index (χ2n) is 3.67. The quantitative estimate of drug-likeness (QED) is 0.336. The van der Waals surface area contributed by atoms with Gasteiger partial charge in [0.15, 0.2) is 0 Å². The molecule has 1 aromatic carbocycles. The van der Waals surface area contributed by atoms with Crippen molar-refractivity contribution in [3.05, 3.63) is 39.9 Å². The summed E-state index contributed by atoms with van der Waals surface area (Å²) in [5, 5.41) is 10.8. The Morgan fingerprint density at radius 2 is 2.18 bits per heavy atom. The van der Waals surface area contributed by atoms with Crippen molar-refractivity contribution in [2.75, 3.05) is 13.2 Å². The molecule has 0 bridgehead atoms. The van der Waals surface area contributed by atoms with Gasteiger partial charge in [-0.1, -0.05) is 34.1 Å². The molecule has 0 aliphatic heterocycles. The highest BCUT2D eigenvalue weighted by Gasteiger charge is 2.15. The SMILES string of the molecule is CCOCCC(Br)Cc1ccccc1[N+](=O)[O-]. The summed E-state index contributed by atoms with van der Waals surface area (Å²) in [5.41, 5.74) is 0.948. The van der Waals surface area contributed by atoms with Gasteiger partial charge in [-0.25, -0.2) is 0 Å². The van der Waals surface area contributed by atoms with Crippen molar-refractivity contribution < 1.29 is 9.66 Å². The Labute approximate surface area is 109 Å².